The molecule has 3 aromatic carbocycles. The Balaban J connectivity index is 1.56. The number of carbonyl (C=O) groups is 2. The number of aliphatic hydroxyl groups is 2. The number of nitrogens with zero attached hydrogens (tertiary/aromatic N) is 2. The van der Waals surface area contributed by atoms with Crippen molar-refractivity contribution in [1.82, 2.24) is 9.62 Å². The molecule has 3 N–H and O–H groups in total. The molecule has 3 aromatic rings. The zero-order valence-corrected chi connectivity index (χ0v) is 25.5. The number of amides is 2. The van der Waals surface area contributed by atoms with Crippen molar-refractivity contribution in [3.63, 3.8) is 0 Å². The van der Waals surface area contributed by atoms with Crippen molar-refractivity contribution in [3.05, 3.63) is 95.8 Å². The molecule has 4 atom stereocenters. The molecule has 44 heavy (non-hydrogen) atoms. The summed E-state index contributed by atoms with van der Waals surface area (Å²) in [5.41, 5.74) is 1.59. The van der Waals surface area contributed by atoms with E-state index < -0.39 is 46.1 Å². The van der Waals surface area contributed by atoms with Crippen molar-refractivity contribution in [1.29, 1.82) is 0 Å². The van der Waals surface area contributed by atoms with Gasteiger partial charge in [0.2, 0.25) is 10.0 Å². The molecule has 0 radical (unpaired) electrons. The lowest BCUT2D eigenvalue weighted by Crippen LogP contribution is -2.53. The number of rotatable bonds is 14. The van der Waals surface area contributed by atoms with Crippen LogP contribution in [0.4, 0.5) is 14.9 Å². The number of cyclic esters (lactones) is 1. The molecule has 0 unspecified atom stereocenters. The highest BCUT2D eigenvalue weighted by Crippen LogP contribution is 2.24. The Morgan fingerprint density at radius 3 is 2.41 bits per heavy atom. The summed E-state index contributed by atoms with van der Waals surface area (Å²) in [5, 5.41) is 23.7. The van der Waals surface area contributed by atoms with Gasteiger partial charge in [-0.25, -0.2) is 17.6 Å². The second kappa shape index (κ2) is 14.8. The van der Waals surface area contributed by atoms with Crippen LogP contribution in [0.25, 0.3) is 0 Å². The Bertz CT molecular complexity index is 1520. The third kappa shape index (κ3) is 8.20. The lowest BCUT2D eigenvalue weighted by molar-refractivity contribution is -0.129. The van der Waals surface area contributed by atoms with Gasteiger partial charge in [0.15, 0.2) is 6.10 Å². The number of carbonyl (C=O) groups excluding carboxylic acids is 2. The number of sulfonamides is 1. The number of halogens is 1. The fourth-order valence-electron chi connectivity index (χ4n) is 4.88. The van der Waals surface area contributed by atoms with E-state index in [2.05, 4.69) is 5.32 Å². The van der Waals surface area contributed by atoms with Crippen LogP contribution in [-0.2, 0) is 32.6 Å². The van der Waals surface area contributed by atoms with Crippen LogP contribution in [0.2, 0.25) is 0 Å². The molecule has 1 heterocycles. The highest BCUT2D eigenvalue weighted by Gasteiger charge is 2.39. The van der Waals surface area contributed by atoms with E-state index >= 15 is 0 Å². The van der Waals surface area contributed by atoms with Gasteiger partial charge in [0, 0.05) is 13.1 Å². The smallest absolute Gasteiger partial charge is 0.415 e. The molecular weight excluding hydrogens is 589 g/mol. The SMILES string of the molecule is CC[C@H](C)CN(C[C@@H](O)[C@H](Cc1ccccc1)NC(=O)[C@@H]1CN(c2cccc(F)c2)C(=O)O1)S(=O)(=O)c1ccc(CO)cc1. The van der Waals surface area contributed by atoms with E-state index in [4.69, 9.17) is 4.74 Å². The summed E-state index contributed by atoms with van der Waals surface area (Å²) in [4.78, 5) is 27.1. The quantitative estimate of drug-likeness (QED) is 0.249. The van der Waals surface area contributed by atoms with Crippen LogP contribution >= 0.6 is 0 Å². The molecule has 236 valence electrons. The van der Waals surface area contributed by atoms with Gasteiger partial charge < -0.3 is 20.3 Å². The van der Waals surface area contributed by atoms with Crippen LogP contribution in [0.3, 0.4) is 0 Å². The van der Waals surface area contributed by atoms with Gasteiger partial charge in [0.05, 0.1) is 35.9 Å². The number of benzene rings is 3. The first kappa shape index (κ1) is 33.1. The molecule has 10 nitrogen and oxygen atoms in total. The molecule has 0 aromatic heterocycles. The molecule has 2 amide bonds. The van der Waals surface area contributed by atoms with Crippen LogP contribution in [-0.4, -0.2) is 72.8 Å². The lowest BCUT2D eigenvalue weighted by atomic mass is 10.0. The number of nitrogens with one attached hydrogen (secondary N) is 1. The molecule has 0 aliphatic carbocycles. The highest BCUT2D eigenvalue weighted by molar-refractivity contribution is 7.89. The zero-order chi connectivity index (χ0) is 31.9. The summed E-state index contributed by atoms with van der Waals surface area (Å²) in [6, 6.07) is 19.4. The topological polar surface area (TPSA) is 136 Å². The Labute approximate surface area is 257 Å². The van der Waals surface area contributed by atoms with E-state index in [1.165, 1.54) is 46.8 Å². The van der Waals surface area contributed by atoms with Crippen molar-refractivity contribution in [2.24, 2.45) is 5.92 Å². The van der Waals surface area contributed by atoms with Crippen molar-refractivity contribution >= 4 is 27.7 Å². The third-order valence-electron chi connectivity index (χ3n) is 7.66. The van der Waals surface area contributed by atoms with Crippen molar-refractivity contribution in [3.8, 4) is 0 Å². The number of ether oxygens (including phenoxy) is 1. The minimum Gasteiger partial charge on any atom is -0.434 e. The maximum Gasteiger partial charge on any atom is 0.415 e. The van der Waals surface area contributed by atoms with E-state index in [9.17, 15) is 32.6 Å². The maximum atomic E-state index is 13.8. The van der Waals surface area contributed by atoms with Gasteiger partial charge in [0.25, 0.3) is 5.91 Å². The number of hydrogen-bond acceptors (Lipinski definition) is 7. The van der Waals surface area contributed by atoms with Crippen molar-refractivity contribution < 1.29 is 37.3 Å². The largest absolute Gasteiger partial charge is 0.434 e. The molecule has 0 spiro atoms. The van der Waals surface area contributed by atoms with E-state index in [0.717, 1.165) is 16.5 Å². The van der Waals surface area contributed by atoms with Crippen LogP contribution in [0.5, 0.6) is 0 Å². The normalized spacial score (nSPS) is 17.3. The average Bonchev–Trinajstić information content (AvgIpc) is 3.42. The fourth-order valence-corrected chi connectivity index (χ4v) is 6.46. The first-order chi connectivity index (χ1) is 21.0. The first-order valence-corrected chi connectivity index (χ1v) is 15.9. The van der Waals surface area contributed by atoms with Gasteiger partial charge in [0.1, 0.15) is 5.82 Å². The fraction of sp³-hybridized carbons (Fsp3) is 0.375. The standard InChI is InChI=1S/C32H38FN3O7S/c1-3-22(2)18-35(44(41,42)27-14-12-24(21-37)13-15-27)19-29(38)28(16-23-8-5-4-6-9-23)34-31(39)30-20-36(32(40)43-30)26-11-7-10-25(33)17-26/h4-15,17,22,28-30,37-38H,3,16,18-21H2,1-2H3,(H,34,39)/t22-,28-,29+,30-/m0/s1. The molecular formula is C32H38FN3O7S. The van der Waals surface area contributed by atoms with Crippen molar-refractivity contribution in [2.75, 3.05) is 24.5 Å². The zero-order valence-electron chi connectivity index (χ0n) is 24.7. The van der Waals surface area contributed by atoms with E-state index in [1.807, 2.05) is 44.2 Å². The molecule has 0 saturated carbocycles. The molecule has 12 heteroatoms. The lowest BCUT2D eigenvalue weighted by Gasteiger charge is -2.31. The number of hydrogen-bond donors (Lipinski definition) is 3. The molecule has 1 aliphatic rings. The monoisotopic (exact) mass is 627 g/mol. The van der Waals surface area contributed by atoms with Crippen LogP contribution in [0.15, 0.2) is 83.8 Å². The van der Waals surface area contributed by atoms with E-state index in [-0.39, 0.29) is 49.2 Å². The maximum absolute atomic E-state index is 13.8. The third-order valence-corrected chi connectivity index (χ3v) is 9.51. The first-order valence-electron chi connectivity index (χ1n) is 14.5. The summed E-state index contributed by atoms with van der Waals surface area (Å²) < 4.78 is 47.7. The predicted octanol–water partition coefficient (Wildman–Crippen LogP) is 3.47. The molecule has 1 fully saturated rings. The summed E-state index contributed by atoms with van der Waals surface area (Å²) in [6.45, 7) is 3.27. The predicted molar refractivity (Wildman–Crippen MR) is 163 cm³/mol. The molecule has 4 rings (SSSR count). The Morgan fingerprint density at radius 1 is 1.07 bits per heavy atom. The summed E-state index contributed by atoms with van der Waals surface area (Å²) in [5.74, 6) is -1.24. The average molecular weight is 628 g/mol. The molecule has 0 bridgehead atoms. The van der Waals surface area contributed by atoms with E-state index in [0.29, 0.717) is 12.0 Å². The minimum atomic E-state index is -4.05. The Morgan fingerprint density at radius 2 is 1.77 bits per heavy atom. The van der Waals surface area contributed by atoms with E-state index in [1.54, 1.807) is 0 Å². The second-order valence-corrected chi connectivity index (χ2v) is 12.9. The highest BCUT2D eigenvalue weighted by atomic mass is 32.2. The number of anilines is 1. The van der Waals surface area contributed by atoms with Gasteiger partial charge in [-0.3, -0.25) is 9.69 Å². The van der Waals surface area contributed by atoms with Gasteiger partial charge in [-0.2, -0.15) is 4.31 Å². The van der Waals surface area contributed by atoms with Gasteiger partial charge >= 0.3 is 6.09 Å². The summed E-state index contributed by atoms with van der Waals surface area (Å²) in [7, 11) is -4.05. The molecule has 1 saturated heterocycles. The Hall–Kier alpha value is -3.84. The van der Waals surface area contributed by atoms with Crippen LogP contribution in [0.1, 0.15) is 31.4 Å². The van der Waals surface area contributed by atoms with Gasteiger partial charge in [-0.1, -0.05) is 68.8 Å². The summed E-state index contributed by atoms with van der Waals surface area (Å²) >= 11 is 0. The second-order valence-electron chi connectivity index (χ2n) is 11.0. The minimum absolute atomic E-state index is 0.0177. The van der Waals surface area contributed by atoms with Gasteiger partial charge in [-0.05, 0) is 53.8 Å². The summed E-state index contributed by atoms with van der Waals surface area (Å²) in [6.07, 6.45) is -2.52. The van der Waals surface area contributed by atoms with Crippen LogP contribution in [0, 0.1) is 11.7 Å². The number of aliphatic hydroxyl groups excluding tert-OH is 2. The van der Waals surface area contributed by atoms with Crippen molar-refractivity contribution in [2.45, 2.75) is 56.4 Å². The van der Waals surface area contributed by atoms with Gasteiger partial charge in [-0.15, -0.1) is 0 Å². The van der Waals surface area contributed by atoms with Crippen LogP contribution < -0.4 is 10.2 Å². The Kier molecular flexibility index (Phi) is 11.1. The molecule has 1 aliphatic heterocycles.